The second-order valence-electron chi connectivity index (χ2n) is 14.1. The molecule has 0 aliphatic carbocycles. The van der Waals surface area contributed by atoms with Crippen LogP contribution in [-0.2, 0) is 0 Å². The van der Waals surface area contributed by atoms with Gasteiger partial charge in [-0.25, -0.2) is 9.97 Å². The molecule has 12 rings (SSSR count). The van der Waals surface area contributed by atoms with Crippen molar-refractivity contribution in [3.05, 3.63) is 170 Å². The topological polar surface area (TPSA) is 38.9 Å². The Hall–Kier alpha value is -7.10. The van der Waals surface area contributed by atoms with Gasteiger partial charge in [0.2, 0.25) is 0 Å². The summed E-state index contributed by atoms with van der Waals surface area (Å²) in [6.45, 7) is 0. The smallest absolute Gasteiger partial charge is 0.144 e. The highest BCUT2D eigenvalue weighted by atomic mass is 16.3. The fraction of sp³-hybridized carbons (Fsp3) is 0. The van der Waals surface area contributed by atoms with E-state index in [0.29, 0.717) is 0 Å². The average molecular weight is 673 g/mol. The van der Waals surface area contributed by atoms with Crippen molar-refractivity contribution >= 4 is 97.7 Å². The molecule has 0 aliphatic heterocycles. The largest absolute Gasteiger partial charge is 0.455 e. The van der Waals surface area contributed by atoms with Crippen LogP contribution < -0.4 is 0 Å². The summed E-state index contributed by atoms with van der Waals surface area (Å²) in [7, 11) is 0. The Kier molecular flexibility index (Phi) is 5.77. The molecule has 0 unspecified atom stereocenters. The summed E-state index contributed by atoms with van der Waals surface area (Å²) in [5.41, 5.74) is 9.04. The van der Waals surface area contributed by atoms with Gasteiger partial charge < -0.3 is 4.42 Å². The highest BCUT2D eigenvalue weighted by Crippen LogP contribution is 2.47. The van der Waals surface area contributed by atoms with Crippen molar-refractivity contribution < 1.29 is 4.42 Å². The zero-order chi connectivity index (χ0) is 34.6. The molecule has 9 aromatic carbocycles. The molecule has 3 aromatic heterocycles. The number of aromatic nitrogens is 2. The molecule has 12 aromatic rings. The molecule has 0 amide bonds. The maximum Gasteiger partial charge on any atom is 0.144 e. The van der Waals surface area contributed by atoms with Crippen LogP contribution in [0.15, 0.2) is 174 Å². The molecule has 0 saturated heterocycles. The van der Waals surface area contributed by atoms with E-state index in [1.165, 1.54) is 26.9 Å². The summed E-state index contributed by atoms with van der Waals surface area (Å²) in [4.78, 5) is 10.7. The molecule has 3 heterocycles. The molecule has 0 fully saturated rings. The van der Waals surface area contributed by atoms with E-state index in [-0.39, 0.29) is 0 Å². The predicted octanol–water partition coefficient (Wildman–Crippen LogP) is 13.8. The lowest BCUT2D eigenvalue weighted by Gasteiger charge is -2.16. The van der Waals surface area contributed by atoms with E-state index in [2.05, 4.69) is 170 Å². The van der Waals surface area contributed by atoms with Gasteiger partial charge in [-0.05, 0) is 74.5 Å². The number of fused-ring (bicyclic) bond motifs is 15. The second-order valence-corrected chi connectivity index (χ2v) is 14.1. The van der Waals surface area contributed by atoms with Crippen molar-refractivity contribution in [3.8, 4) is 22.4 Å². The molecule has 0 bridgehead atoms. The van der Waals surface area contributed by atoms with E-state index < -0.39 is 0 Å². The molecule has 3 nitrogen and oxygen atoms in total. The van der Waals surface area contributed by atoms with Crippen LogP contribution in [0.1, 0.15) is 0 Å². The van der Waals surface area contributed by atoms with Gasteiger partial charge in [-0.15, -0.1) is 0 Å². The Morgan fingerprint density at radius 1 is 0.358 bits per heavy atom. The molecule has 3 heteroatoms. The Balaban J connectivity index is 1.23. The Morgan fingerprint density at radius 3 is 1.87 bits per heavy atom. The minimum atomic E-state index is 0.892. The van der Waals surface area contributed by atoms with Gasteiger partial charge in [0.1, 0.15) is 11.2 Å². The third-order valence-electron chi connectivity index (χ3n) is 11.1. The summed E-state index contributed by atoms with van der Waals surface area (Å²) in [5.74, 6) is 0. The number of nitrogens with zero attached hydrogens (tertiary/aromatic N) is 2. The Bertz CT molecular complexity index is 3510. The summed E-state index contributed by atoms with van der Waals surface area (Å²) in [6, 6.07) is 60.6. The Morgan fingerprint density at radius 2 is 1.04 bits per heavy atom. The van der Waals surface area contributed by atoms with Gasteiger partial charge in [0, 0.05) is 48.7 Å². The van der Waals surface area contributed by atoms with Gasteiger partial charge >= 0.3 is 0 Å². The molecule has 0 N–H and O–H groups in total. The number of pyridine rings is 2. The predicted molar refractivity (Wildman–Crippen MR) is 223 cm³/mol. The maximum absolute atomic E-state index is 7.00. The molecule has 0 aliphatic rings. The van der Waals surface area contributed by atoms with E-state index in [4.69, 9.17) is 14.4 Å². The van der Waals surface area contributed by atoms with Crippen molar-refractivity contribution in [2.45, 2.75) is 0 Å². The van der Waals surface area contributed by atoms with Crippen molar-refractivity contribution in [1.82, 2.24) is 9.97 Å². The van der Waals surface area contributed by atoms with Gasteiger partial charge in [-0.2, -0.15) is 0 Å². The summed E-state index contributed by atoms with van der Waals surface area (Å²) in [6.07, 6.45) is 0. The summed E-state index contributed by atoms with van der Waals surface area (Å²) in [5, 5.41) is 14.8. The number of hydrogen-bond donors (Lipinski definition) is 0. The van der Waals surface area contributed by atoms with Crippen molar-refractivity contribution in [2.24, 2.45) is 0 Å². The molecule has 0 radical (unpaired) electrons. The second kappa shape index (κ2) is 10.7. The van der Waals surface area contributed by atoms with Gasteiger partial charge in [0.05, 0.1) is 22.2 Å². The highest BCUT2D eigenvalue weighted by Gasteiger charge is 2.22. The number of benzene rings is 9. The number of hydrogen-bond acceptors (Lipinski definition) is 3. The van der Waals surface area contributed by atoms with Crippen LogP contribution in [-0.4, -0.2) is 9.97 Å². The third-order valence-corrected chi connectivity index (χ3v) is 11.1. The molecule has 53 heavy (non-hydrogen) atoms. The molecule has 0 saturated carbocycles. The molecular weight excluding hydrogens is 645 g/mol. The normalized spacial score (nSPS) is 12.2. The van der Waals surface area contributed by atoms with E-state index >= 15 is 0 Å². The lowest BCUT2D eigenvalue weighted by Crippen LogP contribution is -1.93. The van der Waals surface area contributed by atoms with Crippen LogP contribution in [0.2, 0.25) is 0 Å². The van der Waals surface area contributed by atoms with Crippen molar-refractivity contribution in [2.75, 3.05) is 0 Å². The molecular formula is C50H28N2O. The van der Waals surface area contributed by atoms with Gasteiger partial charge in [0.25, 0.3) is 0 Å². The van der Waals surface area contributed by atoms with Crippen LogP contribution >= 0.6 is 0 Å². The van der Waals surface area contributed by atoms with Crippen LogP contribution in [0, 0.1) is 0 Å². The van der Waals surface area contributed by atoms with E-state index in [1.807, 2.05) is 0 Å². The first kappa shape index (κ1) is 28.6. The van der Waals surface area contributed by atoms with Crippen LogP contribution in [0.5, 0.6) is 0 Å². The van der Waals surface area contributed by atoms with Gasteiger partial charge in [-0.1, -0.05) is 133 Å². The summed E-state index contributed by atoms with van der Waals surface area (Å²) < 4.78 is 7.00. The fourth-order valence-corrected chi connectivity index (χ4v) is 8.74. The maximum atomic E-state index is 7.00. The Labute approximate surface area is 303 Å². The number of para-hydroxylation sites is 1. The van der Waals surface area contributed by atoms with Gasteiger partial charge in [-0.3, -0.25) is 0 Å². The van der Waals surface area contributed by atoms with E-state index in [9.17, 15) is 0 Å². The minimum Gasteiger partial charge on any atom is -0.455 e. The van der Waals surface area contributed by atoms with Gasteiger partial charge in [0.15, 0.2) is 0 Å². The van der Waals surface area contributed by atoms with E-state index in [1.54, 1.807) is 0 Å². The van der Waals surface area contributed by atoms with E-state index in [0.717, 1.165) is 93.2 Å². The third kappa shape index (κ3) is 4.10. The highest BCUT2D eigenvalue weighted by molar-refractivity contribution is 6.37. The first-order valence-electron chi connectivity index (χ1n) is 18.1. The average Bonchev–Trinajstić information content (AvgIpc) is 3.60. The van der Waals surface area contributed by atoms with Crippen molar-refractivity contribution in [1.29, 1.82) is 0 Å². The quantitative estimate of drug-likeness (QED) is 0.136. The van der Waals surface area contributed by atoms with Crippen LogP contribution in [0.4, 0.5) is 0 Å². The standard InChI is InChI=1S/C50H28N2O/c1-2-12-29(13-3-1)49-46-37-19-9-8-18-36(37)45-41-25-30-14-4-5-15-31(30)28-44(41)53-50(45)47(46)39-23-22-32(27-43(39)52-49)40-26-34-24-33-16-6-11-21-42(33)51-48(34)38-20-10-7-17-35(38)40/h1-28H. The van der Waals surface area contributed by atoms with Crippen molar-refractivity contribution in [3.63, 3.8) is 0 Å². The molecule has 0 atom stereocenters. The van der Waals surface area contributed by atoms with Crippen LogP contribution in [0.25, 0.3) is 120 Å². The molecule has 0 spiro atoms. The summed E-state index contributed by atoms with van der Waals surface area (Å²) >= 11 is 0. The first-order chi connectivity index (χ1) is 26.3. The first-order valence-corrected chi connectivity index (χ1v) is 18.1. The lowest BCUT2D eigenvalue weighted by molar-refractivity contribution is 0.673. The zero-order valence-electron chi connectivity index (χ0n) is 28.5. The SMILES string of the molecule is c1ccc(-c2nc3cc(-c4cc5cc6ccccc6nc5c5ccccc45)ccc3c3c4oc5cc6ccccc6cc5c4c4ccccc4c23)cc1. The molecule has 244 valence electrons. The minimum absolute atomic E-state index is 0.892. The van der Waals surface area contributed by atoms with Crippen LogP contribution in [0.3, 0.4) is 0 Å². The monoisotopic (exact) mass is 672 g/mol. The zero-order valence-corrected chi connectivity index (χ0v) is 28.5. The number of furan rings is 1. The lowest BCUT2D eigenvalue weighted by atomic mass is 9.90. The number of rotatable bonds is 2. The fourth-order valence-electron chi connectivity index (χ4n) is 8.74.